The molecule has 0 amide bonds. The zero-order valence-corrected chi connectivity index (χ0v) is 10.1. The molecule has 0 spiro atoms. The van der Waals surface area contributed by atoms with Gasteiger partial charge in [0.25, 0.3) is 0 Å². The zero-order valence-electron chi connectivity index (χ0n) is 7.95. The molecule has 0 saturated carbocycles. The standard InChI is InChI=1S/C10H13.ClH.Mg/c1-7-5-9(3)10(4)6-8(7)2;;/h5-6H,1H2,2-4H3;1H;/q-1;;+2/p-1. The summed E-state index contributed by atoms with van der Waals surface area (Å²) >= 11 is 0. The van der Waals surface area contributed by atoms with Gasteiger partial charge in [-0.2, -0.15) is 24.1 Å². The van der Waals surface area contributed by atoms with Gasteiger partial charge in [0.1, 0.15) is 0 Å². The van der Waals surface area contributed by atoms with Crippen molar-refractivity contribution in [2.24, 2.45) is 0 Å². The number of rotatable bonds is 0. The number of aryl methyl sites for hydroxylation is 3. The second-order valence-electron chi connectivity index (χ2n) is 2.86. The first-order valence-corrected chi connectivity index (χ1v) is 3.51. The molecule has 0 aliphatic carbocycles. The number of hydrogen-bond acceptors (Lipinski definition) is 0. The van der Waals surface area contributed by atoms with Crippen molar-refractivity contribution < 1.29 is 12.4 Å². The summed E-state index contributed by atoms with van der Waals surface area (Å²) in [5, 5.41) is 0. The summed E-state index contributed by atoms with van der Waals surface area (Å²) in [7, 11) is 0. The zero-order chi connectivity index (χ0) is 7.72. The molecule has 0 saturated heterocycles. The van der Waals surface area contributed by atoms with Crippen molar-refractivity contribution in [2.75, 3.05) is 0 Å². The Hall–Kier alpha value is 0.146. The monoisotopic (exact) mass is 192 g/mol. The molecule has 0 nitrogen and oxygen atoms in total. The number of benzene rings is 1. The van der Waals surface area contributed by atoms with Crippen LogP contribution in [0.1, 0.15) is 22.3 Å². The number of halogens is 1. The maximum atomic E-state index is 3.92. The first kappa shape index (κ1) is 14.7. The molecule has 0 atom stereocenters. The Morgan fingerprint density at radius 1 is 0.917 bits per heavy atom. The predicted molar refractivity (Wildman–Crippen MR) is 50.9 cm³/mol. The van der Waals surface area contributed by atoms with Crippen molar-refractivity contribution in [1.82, 2.24) is 0 Å². The van der Waals surface area contributed by atoms with Crippen LogP contribution in [-0.2, 0) is 0 Å². The molecule has 1 aromatic rings. The van der Waals surface area contributed by atoms with Gasteiger partial charge in [-0.1, -0.05) is 19.4 Å². The summed E-state index contributed by atoms with van der Waals surface area (Å²) in [4.78, 5) is 0. The summed E-state index contributed by atoms with van der Waals surface area (Å²) in [6, 6.07) is 4.31. The van der Waals surface area contributed by atoms with Crippen molar-refractivity contribution in [2.45, 2.75) is 20.8 Å². The molecule has 0 N–H and O–H groups in total. The molecule has 12 heavy (non-hydrogen) atoms. The molecule has 0 unspecified atom stereocenters. The minimum atomic E-state index is 0. The Morgan fingerprint density at radius 3 is 1.75 bits per heavy atom. The topological polar surface area (TPSA) is 0 Å². The third-order valence-corrected chi connectivity index (χ3v) is 1.95. The molecular formula is C10H13ClMg. The Morgan fingerprint density at radius 2 is 1.33 bits per heavy atom. The van der Waals surface area contributed by atoms with Crippen LogP contribution < -0.4 is 12.4 Å². The van der Waals surface area contributed by atoms with E-state index in [0.717, 1.165) is 5.56 Å². The van der Waals surface area contributed by atoms with Crippen LogP contribution in [0.3, 0.4) is 0 Å². The third kappa shape index (κ3) is 3.26. The Balaban J connectivity index is 0. The van der Waals surface area contributed by atoms with Gasteiger partial charge in [-0.05, 0) is 6.92 Å². The van der Waals surface area contributed by atoms with E-state index < -0.39 is 0 Å². The van der Waals surface area contributed by atoms with Gasteiger partial charge < -0.3 is 12.4 Å². The van der Waals surface area contributed by atoms with Gasteiger partial charge in [0.2, 0.25) is 0 Å². The van der Waals surface area contributed by atoms with Crippen LogP contribution in [0.4, 0.5) is 0 Å². The molecule has 0 aliphatic rings. The minimum Gasteiger partial charge on any atom is -1.00 e. The van der Waals surface area contributed by atoms with E-state index in [4.69, 9.17) is 0 Å². The largest absolute Gasteiger partial charge is 2.00 e. The van der Waals surface area contributed by atoms with Crippen LogP contribution in [0.2, 0.25) is 0 Å². The molecular weight excluding hydrogens is 180 g/mol. The molecule has 0 heterocycles. The van der Waals surface area contributed by atoms with E-state index in [0.29, 0.717) is 0 Å². The fourth-order valence-electron chi connectivity index (χ4n) is 1.02. The normalized spacial score (nSPS) is 8.25. The van der Waals surface area contributed by atoms with Crippen molar-refractivity contribution in [3.05, 3.63) is 41.3 Å². The van der Waals surface area contributed by atoms with Crippen molar-refractivity contribution >= 4 is 23.1 Å². The molecule has 0 radical (unpaired) electrons. The summed E-state index contributed by atoms with van der Waals surface area (Å²) in [6.45, 7) is 10.3. The first-order chi connectivity index (χ1) is 4.61. The average Bonchev–Trinajstić information content (AvgIpc) is 1.84. The van der Waals surface area contributed by atoms with Crippen LogP contribution in [0, 0.1) is 27.7 Å². The van der Waals surface area contributed by atoms with Gasteiger partial charge in [-0.25, -0.2) is 0 Å². The van der Waals surface area contributed by atoms with E-state index >= 15 is 0 Å². The smallest absolute Gasteiger partial charge is 1.00 e. The second kappa shape index (κ2) is 5.73. The Labute approximate surface area is 97.3 Å². The van der Waals surface area contributed by atoms with Gasteiger partial charge in [-0.15, -0.1) is 11.6 Å². The van der Waals surface area contributed by atoms with Crippen LogP contribution in [0.15, 0.2) is 12.1 Å². The number of hydrogen-bond donors (Lipinski definition) is 0. The van der Waals surface area contributed by atoms with Gasteiger partial charge >= 0.3 is 23.1 Å². The third-order valence-electron chi connectivity index (χ3n) is 1.95. The average molecular weight is 193 g/mol. The van der Waals surface area contributed by atoms with Crippen molar-refractivity contribution in [1.29, 1.82) is 0 Å². The fourth-order valence-corrected chi connectivity index (χ4v) is 1.02. The summed E-state index contributed by atoms with van der Waals surface area (Å²) in [5.41, 5.74) is 5.10. The second-order valence-corrected chi connectivity index (χ2v) is 2.86. The fraction of sp³-hybridized carbons (Fsp3) is 0.300. The van der Waals surface area contributed by atoms with E-state index in [1.807, 2.05) is 0 Å². The van der Waals surface area contributed by atoms with E-state index in [9.17, 15) is 0 Å². The van der Waals surface area contributed by atoms with Gasteiger partial charge in [-0.3, -0.25) is 0 Å². The molecule has 0 aliphatic heterocycles. The molecule has 1 aromatic carbocycles. The van der Waals surface area contributed by atoms with Gasteiger partial charge in [0.05, 0.1) is 0 Å². The van der Waals surface area contributed by atoms with E-state index in [1.165, 1.54) is 16.7 Å². The van der Waals surface area contributed by atoms with Crippen LogP contribution in [-0.4, -0.2) is 23.1 Å². The summed E-state index contributed by atoms with van der Waals surface area (Å²) in [5.74, 6) is 0. The summed E-state index contributed by atoms with van der Waals surface area (Å²) in [6.07, 6.45) is 0. The predicted octanol–water partition coefficient (Wildman–Crippen LogP) is -0.583. The van der Waals surface area contributed by atoms with Crippen LogP contribution in [0.25, 0.3) is 0 Å². The van der Waals surface area contributed by atoms with E-state index in [1.54, 1.807) is 0 Å². The molecule has 1 rings (SSSR count). The molecule has 0 bridgehead atoms. The van der Waals surface area contributed by atoms with Crippen molar-refractivity contribution in [3.63, 3.8) is 0 Å². The minimum absolute atomic E-state index is 0. The van der Waals surface area contributed by atoms with Gasteiger partial charge in [0.15, 0.2) is 0 Å². The first-order valence-electron chi connectivity index (χ1n) is 3.51. The van der Waals surface area contributed by atoms with Gasteiger partial charge in [0, 0.05) is 0 Å². The quantitative estimate of drug-likeness (QED) is 0.382. The van der Waals surface area contributed by atoms with Crippen molar-refractivity contribution in [3.8, 4) is 0 Å². The van der Waals surface area contributed by atoms with Crippen LogP contribution in [0.5, 0.6) is 0 Å². The van der Waals surface area contributed by atoms with Crippen LogP contribution >= 0.6 is 0 Å². The maximum Gasteiger partial charge on any atom is 2.00 e. The Bertz CT molecular complexity index is 206. The van der Waals surface area contributed by atoms with E-state index in [2.05, 4.69) is 39.8 Å². The molecule has 0 fully saturated rings. The maximum absolute atomic E-state index is 3.92. The molecule has 62 valence electrons. The summed E-state index contributed by atoms with van der Waals surface area (Å²) < 4.78 is 0. The molecule has 2 heteroatoms. The molecule has 0 aromatic heterocycles. The Kier molecular flexibility index (Phi) is 7.00. The SMILES string of the molecule is [CH2-]c1cc(C)c(C)cc1C.[Cl-].[Mg+2]. The van der Waals surface area contributed by atoms with E-state index in [-0.39, 0.29) is 35.5 Å².